The second-order valence-electron chi connectivity index (χ2n) is 6.66. The number of aryl methyl sites for hydroxylation is 1. The minimum absolute atomic E-state index is 0.0461. The fourth-order valence-electron chi connectivity index (χ4n) is 3.45. The molecule has 1 heterocycles. The van der Waals surface area contributed by atoms with E-state index in [0.29, 0.717) is 12.2 Å². The van der Waals surface area contributed by atoms with Crippen LogP contribution < -0.4 is 0 Å². The normalized spacial score (nSPS) is 14.8. The number of carbonyl (C=O) groups excluding carboxylic acids is 2. The predicted molar refractivity (Wildman–Crippen MR) is 101 cm³/mol. The summed E-state index contributed by atoms with van der Waals surface area (Å²) >= 11 is 1.40. The SMILES string of the molecule is COC(=O)c1csc(CN(C(=O)c2ccccc2C)C2CCCCC2)n1. The van der Waals surface area contributed by atoms with Crippen molar-refractivity contribution in [2.24, 2.45) is 0 Å². The number of ether oxygens (including phenoxy) is 1. The van der Waals surface area contributed by atoms with Crippen LogP contribution in [0, 0.1) is 6.92 Å². The lowest BCUT2D eigenvalue weighted by molar-refractivity contribution is 0.0594. The average molecular weight is 372 g/mol. The van der Waals surface area contributed by atoms with E-state index in [1.165, 1.54) is 24.9 Å². The maximum atomic E-state index is 13.3. The van der Waals surface area contributed by atoms with Crippen LogP contribution in [-0.4, -0.2) is 34.9 Å². The third-order valence-corrected chi connectivity index (χ3v) is 5.74. The standard InChI is InChI=1S/C20H24N2O3S/c1-14-8-6-7-11-16(14)19(23)22(15-9-4-3-5-10-15)12-18-21-17(13-26-18)20(24)25-2/h6-8,11,13,15H,3-5,9-10,12H2,1-2H3. The Balaban J connectivity index is 1.86. The van der Waals surface area contributed by atoms with Gasteiger partial charge in [0.05, 0.1) is 13.7 Å². The van der Waals surface area contributed by atoms with Gasteiger partial charge in [-0.1, -0.05) is 37.5 Å². The van der Waals surface area contributed by atoms with E-state index in [0.717, 1.165) is 41.8 Å². The molecule has 0 N–H and O–H groups in total. The van der Waals surface area contributed by atoms with Crippen LogP contribution >= 0.6 is 11.3 Å². The van der Waals surface area contributed by atoms with Crippen molar-refractivity contribution in [1.29, 1.82) is 0 Å². The minimum Gasteiger partial charge on any atom is -0.464 e. The van der Waals surface area contributed by atoms with Crippen LogP contribution in [0.3, 0.4) is 0 Å². The lowest BCUT2D eigenvalue weighted by Crippen LogP contribution is -2.41. The summed E-state index contributed by atoms with van der Waals surface area (Å²) in [7, 11) is 1.34. The van der Waals surface area contributed by atoms with Gasteiger partial charge in [-0.3, -0.25) is 4.79 Å². The van der Waals surface area contributed by atoms with Gasteiger partial charge in [-0.05, 0) is 31.4 Å². The summed E-state index contributed by atoms with van der Waals surface area (Å²) in [5, 5.41) is 2.45. The van der Waals surface area contributed by atoms with Gasteiger partial charge in [0.2, 0.25) is 0 Å². The number of thiazole rings is 1. The molecule has 0 radical (unpaired) electrons. The Kier molecular flexibility index (Phi) is 6.04. The van der Waals surface area contributed by atoms with Crippen molar-refractivity contribution in [2.45, 2.75) is 51.6 Å². The van der Waals surface area contributed by atoms with Crippen molar-refractivity contribution in [3.05, 3.63) is 51.5 Å². The first kappa shape index (κ1) is 18.6. The van der Waals surface area contributed by atoms with Crippen LogP contribution in [0.2, 0.25) is 0 Å². The second-order valence-corrected chi connectivity index (χ2v) is 7.60. The van der Waals surface area contributed by atoms with E-state index >= 15 is 0 Å². The fraction of sp³-hybridized carbons (Fsp3) is 0.450. The third kappa shape index (κ3) is 4.12. The Labute approximate surface area is 158 Å². The van der Waals surface area contributed by atoms with Crippen LogP contribution in [0.4, 0.5) is 0 Å². The zero-order chi connectivity index (χ0) is 18.5. The van der Waals surface area contributed by atoms with E-state index in [2.05, 4.69) is 4.98 Å². The number of rotatable bonds is 5. The van der Waals surface area contributed by atoms with Gasteiger partial charge in [-0.15, -0.1) is 11.3 Å². The Morgan fingerprint density at radius 3 is 2.65 bits per heavy atom. The molecule has 5 nitrogen and oxygen atoms in total. The summed E-state index contributed by atoms with van der Waals surface area (Å²) < 4.78 is 4.73. The molecule has 1 fully saturated rings. The van der Waals surface area contributed by atoms with Crippen LogP contribution in [-0.2, 0) is 11.3 Å². The molecule has 1 aromatic carbocycles. The van der Waals surface area contributed by atoms with E-state index in [1.54, 1.807) is 5.38 Å². The topological polar surface area (TPSA) is 59.5 Å². The zero-order valence-electron chi connectivity index (χ0n) is 15.2. The highest BCUT2D eigenvalue weighted by Gasteiger charge is 2.28. The number of hydrogen-bond acceptors (Lipinski definition) is 5. The molecule has 0 bridgehead atoms. The van der Waals surface area contributed by atoms with Crippen molar-refractivity contribution in [3.63, 3.8) is 0 Å². The quantitative estimate of drug-likeness (QED) is 0.738. The highest BCUT2D eigenvalue weighted by molar-refractivity contribution is 7.09. The van der Waals surface area contributed by atoms with Gasteiger partial charge in [0.1, 0.15) is 5.01 Å². The minimum atomic E-state index is -0.443. The molecule has 2 aromatic rings. The molecular weight excluding hydrogens is 348 g/mol. The van der Waals surface area contributed by atoms with E-state index < -0.39 is 5.97 Å². The first-order valence-corrected chi connectivity index (χ1v) is 9.87. The average Bonchev–Trinajstić information content (AvgIpc) is 3.15. The number of aromatic nitrogens is 1. The van der Waals surface area contributed by atoms with Crippen LogP contribution in [0.15, 0.2) is 29.6 Å². The van der Waals surface area contributed by atoms with Gasteiger partial charge in [-0.25, -0.2) is 9.78 Å². The molecule has 26 heavy (non-hydrogen) atoms. The number of amides is 1. The number of methoxy groups -OCH3 is 1. The van der Waals surface area contributed by atoms with Crippen molar-refractivity contribution >= 4 is 23.2 Å². The molecular formula is C20H24N2O3S. The van der Waals surface area contributed by atoms with Gasteiger partial charge < -0.3 is 9.64 Å². The highest BCUT2D eigenvalue weighted by Crippen LogP contribution is 2.27. The first-order chi connectivity index (χ1) is 12.6. The number of benzene rings is 1. The van der Waals surface area contributed by atoms with Crippen LogP contribution in [0.25, 0.3) is 0 Å². The number of hydrogen-bond donors (Lipinski definition) is 0. The highest BCUT2D eigenvalue weighted by atomic mass is 32.1. The maximum Gasteiger partial charge on any atom is 0.357 e. The summed E-state index contributed by atoms with van der Waals surface area (Å²) in [6.45, 7) is 2.39. The van der Waals surface area contributed by atoms with E-state index in [1.807, 2.05) is 36.1 Å². The Bertz CT molecular complexity index is 781. The van der Waals surface area contributed by atoms with Crippen molar-refractivity contribution in [3.8, 4) is 0 Å². The molecule has 1 aromatic heterocycles. The zero-order valence-corrected chi connectivity index (χ0v) is 16.1. The van der Waals surface area contributed by atoms with Crippen molar-refractivity contribution < 1.29 is 14.3 Å². The molecule has 0 atom stereocenters. The van der Waals surface area contributed by atoms with Gasteiger partial charge >= 0.3 is 5.97 Å². The second kappa shape index (κ2) is 8.45. The van der Waals surface area contributed by atoms with Crippen LogP contribution in [0.5, 0.6) is 0 Å². The lowest BCUT2D eigenvalue weighted by Gasteiger charge is -2.34. The Hall–Kier alpha value is -2.21. The van der Waals surface area contributed by atoms with E-state index in [-0.39, 0.29) is 11.9 Å². The van der Waals surface area contributed by atoms with Gasteiger partial charge in [0.25, 0.3) is 5.91 Å². The molecule has 0 aliphatic heterocycles. The maximum absolute atomic E-state index is 13.3. The first-order valence-electron chi connectivity index (χ1n) is 8.99. The molecule has 1 aliphatic carbocycles. The van der Waals surface area contributed by atoms with Crippen LogP contribution in [0.1, 0.15) is 63.5 Å². The predicted octanol–water partition coefficient (Wildman–Crippen LogP) is 4.21. The summed E-state index contributed by atoms with van der Waals surface area (Å²) in [6.07, 6.45) is 5.56. The summed E-state index contributed by atoms with van der Waals surface area (Å²) in [6, 6.07) is 7.92. The number of carbonyl (C=O) groups is 2. The molecule has 0 unspecified atom stereocenters. The fourth-order valence-corrected chi connectivity index (χ4v) is 4.22. The van der Waals surface area contributed by atoms with Gasteiger partial charge in [0.15, 0.2) is 5.69 Å². The number of nitrogens with zero attached hydrogens (tertiary/aromatic N) is 2. The smallest absolute Gasteiger partial charge is 0.357 e. The van der Waals surface area contributed by atoms with E-state index in [4.69, 9.17) is 4.74 Å². The summed E-state index contributed by atoms with van der Waals surface area (Å²) in [5.41, 5.74) is 2.02. The molecule has 0 saturated heterocycles. The lowest BCUT2D eigenvalue weighted by atomic mass is 9.93. The van der Waals surface area contributed by atoms with Crippen molar-refractivity contribution in [1.82, 2.24) is 9.88 Å². The Morgan fingerprint density at radius 2 is 1.96 bits per heavy atom. The van der Waals surface area contributed by atoms with Crippen molar-refractivity contribution in [2.75, 3.05) is 7.11 Å². The molecule has 0 spiro atoms. The van der Waals surface area contributed by atoms with E-state index in [9.17, 15) is 9.59 Å². The van der Waals surface area contributed by atoms with Gasteiger partial charge in [-0.2, -0.15) is 0 Å². The molecule has 1 aliphatic rings. The largest absolute Gasteiger partial charge is 0.464 e. The number of esters is 1. The molecule has 138 valence electrons. The molecule has 1 saturated carbocycles. The third-order valence-electron chi connectivity index (χ3n) is 4.90. The molecule has 3 rings (SSSR count). The summed E-state index contributed by atoms with van der Waals surface area (Å²) in [4.78, 5) is 31.2. The summed E-state index contributed by atoms with van der Waals surface area (Å²) in [5.74, 6) is -0.397. The van der Waals surface area contributed by atoms with Gasteiger partial charge in [0, 0.05) is 17.0 Å². The molecule has 1 amide bonds. The monoisotopic (exact) mass is 372 g/mol. The Morgan fingerprint density at radius 1 is 1.23 bits per heavy atom. The molecule has 6 heteroatoms.